The summed E-state index contributed by atoms with van der Waals surface area (Å²) < 4.78 is 11.1. The zero-order valence-corrected chi connectivity index (χ0v) is 17.9. The normalized spacial score (nSPS) is 19.5. The van der Waals surface area contributed by atoms with Gasteiger partial charge in [-0.05, 0) is 43.2 Å². The van der Waals surface area contributed by atoms with Gasteiger partial charge in [0.25, 0.3) is 0 Å². The van der Waals surface area contributed by atoms with Crippen molar-refractivity contribution in [1.82, 2.24) is 0 Å². The minimum Gasteiger partial charge on any atom is -0.497 e. The Morgan fingerprint density at radius 2 is 1.97 bits per heavy atom. The Labute approximate surface area is 186 Å². The molecular formula is C25H22N4O3. The van der Waals surface area contributed by atoms with Crippen LogP contribution in [0.3, 0.4) is 0 Å². The Bertz CT molecular complexity index is 1280. The zero-order chi connectivity index (χ0) is 22.4. The first-order chi connectivity index (χ1) is 15.6. The lowest BCUT2D eigenvalue weighted by Crippen LogP contribution is -2.39. The molecule has 0 amide bonds. The number of amidine groups is 1. The second-order valence-corrected chi connectivity index (χ2v) is 7.88. The number of anilines is 1. The summed E-state index contributed by atoms with van der Waals surface area (Å²) in [5.41, 5.74) is 10.5. The quantitative estimate of drug-likeness (QED) is 0.802. The first-order valence-corrected chi connectivity index (χ1v) is 10.4. The second-order valence-electron chi connectivity index (χ2n) is 7.88. The highest BCUT2D eigenvalue weighted by Crippen LogP contribution is 2.51. The van der Waals surface area contributed by atoms with Crippen molar-refractivity contribution in [3.05, 3.63) is 76.3 Å². The number of rotatable bonds is 3. The van der Waals surface area contributed by atoms with E-state index in [1.165, 1.54) is 0 Å². The molecule has 1 atom stereocenters. The molecule has 2 N–H and O–H groups in total. The average molecular weight is 426 g/mol. The van der Waals surface area contributed by atoms with Gasteiger partial charge in [0, 0.05) is 28.8 Å². The predicted octanol–water partition coefficient (Wildman–Crippen LogP) is 3.77. The van der Waals surface area contributed by atoms with Gasteiger partial charge in [-0.15, -0.1) is 0 Å². The number of nitriles is 1. The minimum absolute atomic E-state index is 0.0351. The van der Waals surface area contributed by atoms with Crippen LogP contribution in [0.1, 0.15) is 36.3 Å². The topological polar surface area (TPSA) is 101 Å². The number of methoxy groups -OCH3 is 2. The number of nitrogens with two attached hydrogens (primary N) is 1. The summed E-state index contributed by atoms with van der Waals surface area (Å²) >= 11 is 0. The highest BCUT2D eigenvalue weighted by molar-refractivity contribution is 6.08. The van der Waals surface area contributed by atoms with Gasteiger partial charge in [-0.3, -0.25) is 9.69 Å². The number of Topliss-reactive ketones (excluding diaryl/α,β-unsaturated/α-hetero) is 1. The number of para-hydroxylation sites is 1. The van der Waals surface area contributed by atoms with E-state index in [9.17, 15) is 10.1 Å². The third-order valence-electron chi connectivity index (χ3n) is 6.24. The number of hydrogen-bond donors (Lipinski definition) is 1. The maximum Gasteiger partial charge on any atom is 0.161 e. The fraction of sp³-hybridized carbons (Fsp3) is 0.240. The highest BCUT2D eigenvalue weighted by Gasteiger charge is 2.43. The van der Waals surface area contributed by atoms with Gasteiger partial charge < -0.3 is 15.2 Å². The minimum atomic E-state index is -0.610. The average Bonchev–Trinajstić information content (AvgIpc) is 2.83. The van der Waals surface area contributed by atoms with Crippen molar-refractivity contribution in [3.8, 4) is 17.6 Å². The number of benzene rings is 2. The Morgan fingerprint density at radius 1 is 1.16 bits per heavy atom. The van der Waals surface area contributed by atoms with Gasteiger partial charge in [-0.25, -0.2) is 4.99 Å². The molecule has 2 heterocycles. The number of carbonyl (C=O) groups is 1. The summed E-state index contributed by atoms with van der Waals surface area (Å²) in [7, 11) is 3.15. The van der Waals surface area contributed by atoms with Crippen molar-refractivity contribution >= 4 is 17.3 Å². The van der Waals surface area contributed by atoms with Gasteiger partial charge in [0.05, 0.1) is 37.5 Å². The maximum atomic E-state index is 13.3. The first kappa shape index (κ1) is 19.9. The molecule has 160 valence electrons. The molecule has 0 bridgehead atoms. The number of allylic oxidation sites excluding steroid dienone is 3. The van der Waals surface area contributed by atoms with Crippen LogP contribution < -0.4 is 20.1 Å². The van der Waals surface area contributed by atoms with Crippen LogP contribution in [0, 0.1) is 11.3 Å². The van der Waals surface area contributed by atoms with Crippen LogP contribution in [0.25, 0.3) is 0 Å². The van der Waals surface area contributed by atoms with E-state index in [-0.39, 0.29) is 5.78 Å². The first-order valence-electron chi connectivity index (χ1n) is 10.4. The Kier molecular flexibility index (Phi) is 4.71. The Hall–Kier alpha value is -4.05. The van der Waals surface area contributed by atoms with E-state index in [2.05, 4.69) is 11.1 Å². The van der Waals surface area contributed by atoms with Crippen molar-refractivity contribution in [2.24, 2.45) is 10.7 Å². The summed E-state index contributed by atoms with van der Waals surface area (Å²) in [6, 6.07) is 15.4. The molecule has 32 heavy (non-hydrogen) atoms. The molecule has 0 radical (unpaired) electrons. The molecule has 1 aliphatic carbocycles. The molecule has 0 saturated heterocycles. The molecule has 5 rings (SSSR count). The van der Waals surface area contributed by atoms with Crippen molar-refractivity contribution in [1.29, 1.82) is 5.26 Å². The van der Waals surface area contributed by atoms with Gasteiger partial charge in [0.2, 0.25) is 0 Å². The SMILES string of the molecule is COc1ccc(OC)c([C@H]2C(C#N)=C3N=C(N)c4ccccc4N3C3=C2C(=O)CCC3)c1. The van der Waals surface area contributed by atoms with E-state index in [1.807, 2.05) is 35.2 Å². The smallest absolute Gasteiger partial charge is 0.161 e. The fourth-order valence-corrected chi connectivity index (χ4v) is 4.85. The van der Waals surface area contributed by atoms with Crippen LogP contribution in [0.4, 0.5) is 5.69 Å². The third-order valence-corrected chi connectivity index (χ3v) is 6.24. The molecule has 0 unspecified atom stereocenters. The van der Waals surface area contributed by atoms with Gasteiger partial charge in [0.15, 0.2) is 11.6 Å². The molecule has 0 fully saturated rings. The summed E-state index contributed by atoms with van der Waals surface area (Å²) in [6.07, 6.45) is 1.89. The lowest BCUT2D eigenvalue weighted by Gasteiger charge is -2.42. The Balaban J connectivity index is 1.85. The van der Waals surface area contributed by atoms with Crippen LogP contribution in [0.5, 0.6) is 11.5 Å². The molecule has 7 heteroatoms. The number of ether oxygens (including phenoxy) is 2. The predicted molar refractivity (Wildman–Crippen MR) is 120 cm³/mol. The van der Waals surface area contributed by atoms with Crippen LogP contribution in [-0.2, 0) is 4.79 Å². The molecule has 2 aromatic rings. The number of ketones is 1. The van der Waals surface area contributed by atoms with Crippen molar-refractivity contribution in [3.63, 3.8) is 0 Å². The largest absolute Gasteiger partial charge is 0.497 e. The molecule has 2 aliphatic heterocycles. The van der Waals surface area contributed by atoms with E-state index < -0.39 is 5.92 Å². The summed E-state index contributed by atoms with van der Waals surface area (Å²) in [6.45, 7) is 0. The van der Waals surface area contributed by atoms with Crippen LogP contribution >= 0.6 is 0 Å². The van der Waals surface area contributed by atoms with Gasteiger partial charge in [-0.1, -0.05) is 12.1 Å². The summed E-state index contributed by atoms with van der Waals surface area (Å²) in [5.74, 6) is 1.44. The van der Waals surface area contributed by atoms with E-state index in [4.69, 9.17) is 15.2 Å². The summed E-state index contributed by atoms with van der Waals surface area (Å²) in [5, 5.41) is 10.3. The van der Waals surface area contributed by atoms with Crippen LogP contribution in [-0.4, -0.2) is 25.8 Å². The molecule has 0 spiro atoms. The lowest BCUT2D eigenvalue weighted by atomic mass is 9.75. The Morgan fingerprint density at radius 3 is 2.72 bits per heavy atom. The standard InChI is InChI=1S/C25H22N4O3/c1-31-14-10-11-21(32-2)16(12-14)22-17(13-26)25-28-24(27)15-6-3-4-7-18(15)29(25)19-8-5-9-20(30)23(19)22/h3-4,6-7,10-12,22H,5,8-9H2,1-2H3,(H2,27,28)/t22-/m0/s1. The van der Waals surface area contributed by atoms with Crippen LogP contribution in [0.2, 0.25) is 0 Å². The fourth-order valence-electron chi connectivity index (χ4n) is 4.85. The second kappa shape index (κ2) is 7.57. The van der Waals surface area contributed by atoms with Gasteiger partial charge in [-0.2, -0.15) is 5.26 Å². The third kappa shape index (κ3) is 2.80. The van der Waals surface area contributed by atoms with Gasteiger partial charge in [0.1, 0.15) is 17.3 Å². The van der Waals surface area contributed by atoms with Crippen molar-refractivity contribution in [2.45, 2.75) is 25.2 Å². The molecule has 2 aromatic carbocycles. The van der Waals surface area contributed by atoms with Crippen molar-refractivity contribution in [2.75, 3.05) is 19.1 Å². The monoisotopic (exact) mass is 426 g/mol. The van der Waals surface area contributed by atoms with E-state index in [0.29, 0.717) is 52.7 Å². The zero-order valence-electron chi connectivity index (χ0n) is 17.9. The number of fused-ring (bicyclic) bond motifs is 4. The molecular weight excluding hydrogens is 404 g/mol. The molecule has 3 aliphatic rings. The highest BCUT2D eigenvalue weighted by atomic mass is 16.5. The number of nitrogens with zero attached hydrogens (tertiary/aromatic N) is 3. The molecule has 0 aromatic heterocycles. The molecule has 0 saturated carbocycles. The van der Waals surface area contributed by atoms with Crippen LogP contribution in [0.15, 0.2) is 70.1 Å². The van der Waals surface area contributed by atoms with E-state index in [0.717, 1.165) is 23.4 Å². The van der Waals surface area contributed by atoms with Gasteiger partial charge >= 0.3 is 0 Å². The number of hydrogen-bond acceptors (Lipinski definition) is 7. The van der Waals surface area contributed by atoms with Crippen molar-refractivity contribution < 1.29 is 14.3 Å². The maximum absolute atomic E-state index is 13.3. The van der Waals surface area contributed by atoms with E-state index in [1.54, 1.807) is 26.4 Å². The lowest BCUT2D eigenvalue weighted by molar-refractivity contribution is -0.116. The van der Waals surface area contributed by atoms with E-state index >= 15 is 0 Å². The number of aliphatic imine (C=N–C) groups is 1. The molecule has 7 nitrogen and oxygen atoms in total. The number of carbonyl (C=O) groups excluding carboxylic acids is 1. The summed E-state index contributed by atoms with van der Waals surface area (Å²) in [4.78, 5) is 19.9.